The Labute approximate surface area is 133 Å². The highest BCUT2D eigenvalue weighted by Gasteiger charge is 2.30. The van der Waals surface area contributed by atoms with Gasteiger partial charge in [-0.15, -0.1) is 0 Å². The van der Waals surface area contributed by atoms with Crippen LogP contribution in [0.25, 0.3) is 10.8 Å². The lowest BCUT2D eigenvalue weighted by Crippen LogP contribution is -2.13. The van der Waals surface area contributed by atoms with E-state index in [0.717, 1.165) is 0 Å². The normalized spacial score (nSPS) is 11.7. The number of hydrogen-bond donors (Lipinski definition) is 1. The number of benzene rings is 2. The minimum atomic E-state index is -2.41. The average molecular weight is 367 g/mol. The Kier molecular flexibility index (Phi) is 4.88. The number of nitrogens with zero attached hydrogens (tertiary/aromatic N) is 2. The van der Waals surface area contributed by atoms with Crippen LogP contribution >= 0.6 is 11.8 Å². The third-order valence-corrected chi connectivity index (χ3v) is 3.46. The zero-order chi connectivity index (χ0) is 18.2. The molecule has 0 aliphatic rings. The first-order chi connectivity index (χ1) is 11.3. The van der Waals surface area contributed by atoms with Gasteiger partial charge in [0.1, 0.15) is 5.69 Å². The second kappa shape index (κ2) is 6.56. The van der Waals surface area contributed by atoms with Gasteiger partial charge >= 0.3 is 0 Å². The SMILES string of the molecule is CSC(=Nc1c(F)c(F)c2c(F)c(F)c(F)c(F)c2c1F)NC#N. The van der Waals surface area contributed by atoms with Crippen molar-refractivity contribution in [1.82, 2.24) is 5.32 Å². The lowest BCUT2D eigenvalue weighted by Gasteiger charge is -2.10. The molecule has 0 atom stereocenters. The predicted molar refractivity (Wildman–Crippen MR) is 73.0 cm³/mol. The van der Waals surface area contributed by atoms with E-state index in [4.69, 9.17) is 5.26 Å². The van der Waals surface area contributed by atoms with Crippen LogP contribution in [0.3, 0.4) is 0 Å². The summed E-state index contributed by atoms with van der Waals surface area (Å²) in [6, 6.07) is 0. The fourth-order valence-electron chi connectivity index (χ4n) is 1.84. The molecule has 0 fully saturated rings. The highest BCUT2D eigenvalue weighted by molar-refractivity contribution is 8.13. The van der Waals surface area contributed by atoms with E-state index in [1.165, 1.54) is 12.4 Å². The van der Waals surface area contributed by atoms with Crippen LogP contribution in [0, 0.1) is 52.2 Å². The Hall–Kier alpha value is -2.48. The molecule has 2 aromatic rings. The summed E-state index contributed by atoms with van der Waals surface area (Å²) in [5, 5.41) is 6.59. The maximum atomic E-state index is 14.3. The van der Waals surface area contributed by atoms with Gasteiger partial charge in [0, 0.05) is 0 Å². The quantitative estimate of drug-likeness (QED) is 0.156. The molecule has 0 saturated carbocycles. The summed E-state index contributed by atoms with van der Waals surface area (Å²) in [7, 11) is 0. The van der Waals surface area contributed by atoms with Crippen LogP contribution in [0.4, 0.5) is 36.4 Å². The second-order valence-corrected chi connectivity index (χ2v) is 4.95. The highest BCUT2D eigenvalue weighted by atomic mass is 32.2. The third-order valence-electron chi connectivity index (χ3n) is 2.88. The van der Waals surface area contributed by atoms with E-state index in [0.29, 0.717) is 11.8 Å². The molecule has 2 aromatic carbocycles. The van der Waals surface area contributed by atoms with Crippen LogP contribution in [0.2, 0.25) is 0 Å². The molecular weight excluding hydrogens is 363 g/mol. The molecule has 11 heteroatoms. The summed E-state index contributed by atoms with van der Waals surface area (Å²) < 4.78 is 95.8. The number of hydrogen-bond acceptors (Lipinski definition) is 3. The van der Waals surface area contributed by atoms with Gasteiger partial charge in [0.25, 0.3) is 0 Å². The van der Waals surface area contributed by atoms with Crippen molar-refractivity contribution in [3.63, 3.8) is 0 Å². The summed E-state index contributed by atoms with van der Waals surface area (Å²) in [5.41, 5.74) is -1.43. The van der Waals surface area contributed by atoms with Gasteiger partial charge in [0.2, 0.25) is 0 Å². The molecule has 0 heterocycles. The lowest BCUT2D eigenvalue weighted by atomic mass is 10.1. The molecule has 0 radical (unpaired) electrons. The molecule has 3 nitrogen and oxygen atoms in total. The van der Waals surface area contributed by atoms with E-state index in [9.17, 15) is 30.7 Å². The Morgan fingerprint density at radius 1 is 0.833 bits per heavy atom. The van der Waals surface area contributed by atoms with E-state index in [-0.39, 0.29) is 0 Å². The molecule has 0 saturated heterocycles. The number of rotatable bonds is 1. The third kappa shape index (κ3) is 2.62. The topological polar surface area (TPSA) is 48.2 Å². The minimum Gasteiger partial charge on any atom is -0.271 e. The lowest BCUT2D eigenvalue weighted by molar-refractivity contribution is 0.412. The molecule has 0 amide bonds. The summed E-state index contributed by atoms with van der Waals surface area (Å²) in [6.07, 6.45) is 2.72. The Balaban J connectivity index is 3.00. The van der Waals surface area contributed by atoms with E-state index in [2.05, 4.69) is 4.99 Å². The Morgan fingerprint density at radius 3 is 1.75 bits per heavy atom. The van der Waals surface area contributed by atoms with E-state index >= 15 is 0 Å². The largest absolute Gasteiger partial charge is 0.271 e. The number of nitriles is 1. The fraction of sp³-hybridized carbons (Fsp3) is 0.0769. The van der Waals surface area contributed by atoms with E-state index in [1.54, 1.807) is 0 Å². The fourth-order valence-corrected chi connectivity index (χ4v) is 2.17. The van der Waals surface area contributed by atoms with Crippen molar-refractivity contribution in [1.29, 1.82) is 5.26 Å². The van der Waals surface area contributed by atoms with Gasteiger partial charge in [0.15, 0.2) is 52.1 Å². The molecule has 2 rings (SSSR count). The van der Waals surface area contributed by atoms with Gasteiger partial charge in [-0.25, -0.2) is 35.7 Å². The molecule has 126 valence electrons. The molecule has 24 heavy (non-hydrogen) atoms. The van der Waals surface area contributed by atoms with Gasteiger partial charge in [-0.05, 0) is 6.26 Å². The van der Waals surface area contributed by atoms with Crippen molar-refractivity contribution in [2.75, 3.05) is 6.26 Å². The standard InChI is InChI=1S/C13H4F7N3S/c1-24-13(22-2-21)23-12-8(17)4-3(7(16)11(12)20)5(14)9(18)10(19)6(4)15/h1H3,(H,22,23). The predicted octanol–water partition coefficient (Wildman–Crippen LogP) is 4.23. The summed E-state index contributed by atoms with van der Waals surface area (Å²) in [4.78, 5) is 3.25. The number of amidine groups is 1. The monoisotopic (exact) mass is 367 g/mol. The zero-order valence-corrected chi connectivity index (χ0v) is 12.3. The molecule has 0 spiro atoms. The van der Waals surface area contributed by atoms with E-state index in [1.807, 2.05) is 5.32 Å². The van der Waals surface area contributed by atoms with E-state index < -0.39 is 62.3 Å². The first-order valence-corrected chi connectivity index (χ1v) is 7.08. The van der Waals surface area contributed by atoms with Crippen LogP contribution in [-0.2, 0) is 0 Å². The number of halogens is 7. The average Bonchev–Trinajstić information content (AvgIpc) is 2.56. The van der Waals surface area contributed by atoms with Gasteiger partial charge in [0.05, 0.1) is 10.8 Å². The van der Waals surface area contributed by atoms with Crippen LogP contribution < -0.4 is 5.32 Å². The van der Waals surface area contributed by atoms with Crippen LogP contribution in [0.15, 0.2) is 4.99 Å². The van der Waals surface area contributed by atoms with Crippen LogP contribution in [0.5, 0.6) is 0 Å². The van der Waals surface area contributed by atoms with Gasteiger partial charge in [-0.3, -0.25) is 5.32 Å². The molecule has 0 unspecified atom stereocenters. The smallest absolute Gasteiger partial charge is 0.198 e. The van der Waals surface area contributed by atoms with Gasteiger partial charge in [-0.2, -0.15) is 5.26 Å². The maximum absolute atomic E-state index is 14.3. The first-order valence-electron chi connectivity index (χ1n) is 5.86. The molecule has 1 N–H and O–H groups in total. The molecule has 0 bridgehead atoms. The van der Waals surface area contributed by atoms with Crippen molar-refractivity contribution in [3.8, 4) is 6.19 Å². The summed E-state index contributed by atoms with van der Waals surface area (Å²) >= 11 is 0.690. The number of aliphatic imine (C=N–C) groups is 1. The number of fused-ring (bicyclic) bond motifs is 1. The summed E-state index contributed by atoms with van der Waals surface area (Å²) in [6.45, 7) is 0. The number of nitrogens with one attached hydrogen (secondary N) is 1. The molecule has 0 aromatic heterocycles. The van der Waals surface area contributed by atoms with Crippen molar-refractivity contribution in [3.05, 3.63) is 40.7 Å². The zero-order valence-electron chi connectivity index (χ0n) is 11.4. The molecule has 0 aliphatic heterocycles. The maximum Gasteiger partial charge on any atom is 0.198 e. The highest BCUT2D eigenvalue weighted by Crippen LogP contribution is 2.37. The Morgan fingerprint density at radius 2 is 1.29 bits per heavy atom. The number of thioether (sulfide) groups is 1. The Bertz CT molecular complexity index is 921. The molecular formula is C13H4F7N3S. The van der Waals surface area contributed by atoms with Gasteiger partial charge < -0.3 is 0 Å². The van der Waals surface area contributed by atoms with Gasteiger partial charge in [-0.1, -0.05) is 11.8 Å². The molecule has 0 aliphatic carbocycles. The summed E-state index contributed by atoms with van der Waals surface area (Å²) in [5.74, 6) is -15.5. The first kappa shape index (κ1) is 17.9. The van der Waals surface area contributed by atoms with Crippen LogP contribution in [0.1, 0.15) is 0 Å². The van der Waals surface area contributed by atoms with Crippen LogP contribution in [-0.4, -0.2) is 11.4 Å². The van der Waals surface area contributed by atoms with Crippen molar-refractivity contribution < 1.29 is 30.7 Å². The van der Waals surface area contributed by atoms with Crippen molar-refractivity contribution >= 4 is 33.4 Å². The second-order valence-electron chi connectivity index (χ2n) is 4.15. The van der Waals surface area contributed by atoms with Crippen molar-refractivity contribution in [2.45, 2.75) is 0 Å². The minimum absolute atomic E-state index is 0.405. The van der Waals surface area contributed by atoms with Crippen molar-refractivity contribution in [2.24, 2.45) is 4.99 Å².